The molecule has 0 aromatic heterocycles. The van der Waals surface area contributed by atoms with Gasteiger partial charge in [0.05, 0.1) is 11.0 Å². The molecule has 0 saturated carbocycles. The summed E-state index contributed by atoms with van der Waals surface area (Å²) in [4.78, 5) is 10.8. The van der Waals surface area contributed by atoms with Gasteiger partial charge in [0.2, 0.25) is 0 Å². The van der Waals surface area contributed by atoms with E-state index in [1.807, 2.05) is 44.2 Å². The molecule has 0 amide bonds. The fourth-order valence-corrected chi connectivity index (χ4v) is 2.35. The molecule has 2 N–H and O–H groups in total. The summed E-state index contributed by atoms with van der Waals surface area (Å²) in [6.45, 7) is 5.62. The van der Waals surface area contributed by atoms with E-state index >= 15 is 0 Å². The van der Waals surface area contributed by atoms with Crippen molar-refractivity contribution >= 4 is 5.69 Å². The number of benzene rings is 2. The van der Waals surface area contributed by atoms with E-state index in [4.69, 9.17) is 5.73 Å². The van der Waals surface area contributed by atoms with Crippen LogP contribution in [0.2, 0.25) is 0 Å². The minimum Gasteiger partial charge on any atom is -0.320 e. The van der Waals surface area contributed by atoms with Gasteiger partial charge in [-0.1, -0.05) is 30.3 Å². The van der Waals surface area contributed by atoms with Crippen LogP contribution < -0.4 is 5.73 Å². The Morgan fingerprint density at radius 3 is 2.35 bits per heavy atom. The van der Waals surface area contributed by atoms with Crippen LogP contribution in [-0.4, -0.2) is 4.92 Å². The van der Waals surface area contributed by atoms with Gasteiger partial charge in [-0.2, -0.15) is 0 Å². The summed E-state index contributed by atoms with van der Waals surface area (Å²) in [5.41, 5.74) is 10.8. The van der Waals surface area contributed by atoms with Crippen LogP contribution in [0.1, 0.15) is 33.9 Å². The lowest BCUT2D eigenvalue weighted by Gasteiger charge is -2.16. The van der Waals surface area contributed by atoms with Crippen molar-refractivity contribution in [2.45, 2.75) is 26.8 Å². The quantitative estimate of drug-likeness (QED) is 0.684. The Balaban J connectivity index is 2.53. The highest BCUT2D eigenvalue weighted by atomic mass is 16.6. The van der Waals surface area contributed by atoms with E-state index in [1.54, 1.807) is 13.0 Å². The monoisotopic (exact) mass is 270 g/mol. The predicted molar refractivity (Wildman–Crippen MR) is 79.8 cm³/mol. The Bertz CT molecular complexity index is 666. The van der Waals surface area contributed by atoms with Crippen LogP contribution in [0.3, 0.4) is 0 Å². The third kappa shape index (κ3) is 2.56. The smallest absolute Gasteiger partial charge is 0.272 e. The molecule has 0 fully saturated rings. The largest absolute Gasteiger partial charge is 0.320 e. The highest BCUT2D eigenvalue weighted by molar-refractivity contribution is 5.50. The lowest BCUT2D eigenvalue weighted by Crippen LogP contribution is -2.14. The van der Waals surface area contributed by atoms with Gasteiger partial charge in [-0.15, -0.1) is 0 Å². The maximum atomic E-state index is 11.1. The Kier molecular flexibility index (Phi) is 3.86. The van der Waals surface area contributed by atoms with Gasteiger partial charge >= 0.3 is 0 Å². The lowest BCUT2D eigenvalue weighted by atomic mass is 9.93. The summed E-state index contributed by atoms with van der Waals surface area (Å²) in [7, 11) is 0. The molecule has 0 bridgehead atoms. The van der Waals surface area contributed by atoms with Crippen LogP contribution >= 0.6 is 0 Å². The number of nitrogens with two attached hydrogens (primary N) is 1. The molecule has 4 heteroatoms. The van der Waals surface area contributed by atoms with Crippen molar-refractivity contribution in [3.8, 4) is 0 Å². The lowest BCUT2D eigenvalue weighted by molar-refractivity contribution is -0.385. The van der Waals surface area contributed by atoms with Crippen molar-refractivity contribution in [3.05, 3.63) is 74.3 Å². The molecule has 4 nitrogen and oxygen atoms in total. The predicted octanol–water partition coefficient (Wildman–Crippen LogP) is 3.57. The van der Waals surface area contributed by atoms with Crippen LogP contribution in [0, 0.1) is 30.9 Å². The molecule has 2 aromatic carbocycles. The normalized spacial score (nSPS) is 12.2. The van der Waals surface area contributed by atoms with E-state index < -0.39 is 0 Å². The minimum absolute atomic E-state index is 0.129. The van der Waals surface area contributed by atoms with E-state index in [0.29, 0.717) is 5.56 Å². The summed E-state index contributed by atoms with van der Waals surface area (Å²) in [6, 6.07) is 11.0. The van der Waals surface area contributed by atoms with Crippen LogP contribution in [-0.2, 0) is 0 Å². The summed E-state index contributed by atoms with van der Waals surface area (Å²) in [5, 5.41) is 11.1. The molecule has 0 spiro atoms. The Morgan fingerprint density at radius 2 is 1.75 bits per heavy atom. The molecule has 20 heavy (non-hydrogen) atoms. The molecule has 0 aliphatic rings. The Morgan fingerprint density at radius 1 is 1.10 bits per heavy atom. The van der Waals surface area contributed by atoms with Crippen molar-refractivity contribution in [2.24, 2.45) is 5.73 Å². The van der Waals surface area contributed by atoms with Crippen LogP contribution in [0.5, 0.6) is 0 Å². The molecule has 1 atom stereocenters. The zero-order valence-electron chi connectivity index (χ0n) is 11.9. The first kappa shape index (κ1) is 14.2. The van der Waals surface area contributed by atoms with Gasteiger partial charge in [0.25, 0.3) is 5.69 Å². The summed E-state index contributed by atoms with van der Waals surface area (Å²) in [6.07, 6.45) is 0. The topological polar surface area (TPSA) is 69.2 Å². The maximum absolute atomic E-state index is 11.1. The van der Waals surface area contributed by atoms with Crippen molar-refractivity contribution in [1.82, 2.24) is 0 Å². The molecule has 2 rings (SSSR count). The third-order valence-electron chi connectivity index (χ3n) is 3.74. The highest BCUT2D eigenvalue weighted by Crippen LogP contribution is 2.29. The summed E-state index contributed by atoms with van der Waals surface area (Å²) >= 11 is 0. The van der Waals surface area contributed by atoms with E-state index in [-0.39, 0.29) is 16.7 Å². The fraction of sp³-hybridized carbons (Fsp3) is 0.250. The molecule has 1 unspecified atom stereocenters. The first-order valence-corrected chi connectivity index (χ1v) is 6.48. The second-order valence-corrected chi connectivity index (χ2v) is 5.07. The van der Waals surface area contributed by atoms with Crippen molar-refractivity contribution < 1.29 is 4.92 Å². The maximum Gasteiger partial charge on any atom is 0.272 e. The average molecular weight is 270 g/mol. The highest BCUT2D eigenvalue weighted by Gasteiger charge is 2.18. The van der Waals surface area contributed by atoms with Gasteiger partial charge in [-0.05, 0) is 43.0 Å². The molecule has 0 aliphatic heterocycles. The number of nitrogens with zero attached hydrogens (tertiary/aromatic N) is 1. The number of hydrogen-bond donors (Lipinski definition) is 1. The number of rotatable bonds is 3. The molecule has 0 radical (unpaired) electrons. The van der Waals surface area contributed by atoms with Crippen molar-refractivity contribution in [2.75, 3.05) is 0 Å². The van der Waals surface area contributed by atoms with Crippen LogP contribution in [0.25, 0.3) is 0 Å². The molecular formula is C16H18N2O2. The molecule has 104 valence electrons. The first-order valence-electron chi connectivity index (χ1n) is 6.48. The fourth-order valence-electron chi connectivity index (χ4n) is 2.35. The second kappa shape index (κ2) is 5.43. The summed E-state index contributed by atoms with van der Waals surface area (Å²) in [5.74, 6) is 0. The van der Waals surface area contributed by atoms with Gasteiger partial charge in [0.1, 0.15) is 0 Å². The second-order valence-electron chi connectivity index (χ2n) is 5.07. The zero-order valence-corrected chi connectivity index (χ0v) is 11.9. The van der Waals surface area contributed by atoms with Crippen molar-refractivity contribution in [1.29, 1.82) is 0 Å². The molecule has 2 aromatic rings. The first-order chi connectivity index (χ1) is 9.41. The van der Waals surface area contributed by atoms with Gasteiger partial charge in [0, 0.05) is 11.6 Å². The van der Waals surface area contributed by atoms with E-state index in [2.05, 4.69) is 0 Å². The SMILES string of the molecule is Cc1ccccc1C(N)c1cc(C)c(C)c([N+](=O)[O-])c1. The van der Waals surface area contributed by atoms with Crippen molar-refractivity contribution in [3.63, 3.8) is 0 Å². The number of hydrogen-bond acceptors (Lipinski definition) is 3. The van der Waals surface area contributed by atoms with Gasteiger partial charge in [0.15, 0.2) is 0 Å². The molecule has 0 aliphatic carbocycles. The van der Waals surface area contributed by atoms with Gasteiger partial charge in [-0.25, -0.2) is 0 Å². The molecular weight excluding hydrogens is 252 g/mol. The van der Waals surface area contributed by atoms with Crippen LogP contribution in [0.15, 0.2) is 36.4 Å². The Hall–Kier alpha value is -2.20. The number of aryl methyl sites for hydroxylation is 2. The van der Waals surface area contributed by atoms with E-state index in [1.165, 1.54) is 0 Å². The number of nitro benzene ring substituents is 1. The standard InChI is InChI=1S/C16H18N2O2/c1-10-6-4-5-7-14(10)16(17)13-8-11(2)12(3)15(9-13)18(19)20/h4-9,16H,17H2,1-3H3. The molecule has 0 saturated heterocycles. The summed E-state index contributed by atoms with van der Waals surface area (Å²) < 4.78 is 0. The third-order valence-corrected chi connectivity index (χ3v) is 3.74. The zero-order chi connectivity index (χ0) is 14.9. The number of nitro groups is 1. The van der Waals surface area contributed by atoms with E-state index in [0.717, 1.165) is 22.3 Å². The van der Waals surface area contributed by atoms with Gasteiger partial charge < -0.3 is 5.73 Å². The molecule has 0 heterocycles. The minimum atomic E-state index is -0.353. The average Bonchev–Trinajstić information content (AvgIpc) is 2.41. The van der Waals surface area contributed by atoms with E-state index in [9.17, 15) is 10.1 Å². The van der Waals surface area contributed by atoms with Crippen LogP contribution in [0.4, 0.5) is 5.69 Å². The Labute approximate surface area is 118 Å². The van der Waals surface area contributed by atoms with Gasteiger partial charge in [-0.3, -0.25) is 10.1 Å².